The second-order valence-electron chi connectivity index (χ2n) is 2.73. The number of aliphatic carboxylic acids is 2. The molecule has 0 aliphatic rings. The van der Waals surface area contributed by atoms with Crippen molar-refractivity contribution < 1.29 is 19.8 Å². The quantitative estimate of drug-likeness (QED) is 0.497. The minimum absolute atomic E-state index is 0.354. The maximum Gasteiger partial charge on any atom is 0.0449 e. The summed E-state index contributed by atoms with van der Waals surface area (Å²) in [5.41, 5.74) is 0. The van der Waals surface area contributed by atoms with Crippen LogP contribution < -0.4 is 10.2 Å². The summed E-state index contributed by atoms with van der Waals surface area (Å²) in [6, 6.07) is 0. The lowest BCUT2D eigenvalue weighted by Gasteiger charge is -2.17. The summed E-state index contributed by atoms with van der Waals surface area (Å²) < 4.78 is 0. The molecule has 0 bridgehead atoms. The molecule has 0 aliphatic carbocycles. The Hall–Kier alpha value is -1.06. The number of unbranched alkanes of at least 4 members (excludes halogenated alkanes) is 1. The first-order valence-electron chi connectivity index (χ1n) is 3.98. The van der Waals surface area contributed by atoms with Crippen LogP contribution >= 0.6 is 0 Å². The summed E-state index contributed by atoms with van der Waals surface area (Å²) in [5, 5.41) is 20.4. The van der Waals surface area contributed by atoms with Crippen molar-refractivity contribution >= 4 is 11.9 Å². The number of carboxylic acid groups (broad SMARTS) is 2. The zero-order valence-electron chi connectivity index (χ0n) is 7.04. The minimum atomic E-state index is -1.33. The summed E-state index contributed by atoms with van der Waals surface area (Å²) in [6.45, 7) is 1.91. The highest BCUT2D eigenvalue weighted by atomic mass is 16.4. The molecule has 0 saturated carbocycles. The third-order valence-electron chi connectivity index (χ3n) is 1.65. The molecule has 0 aliphatic heterocycles. The molecule has 12 heavy (non-hydrogen) atoms. The maximum atomic E-state index is 10.3. The molecule has 0 N–H and O–H groups in total. The van der Waals surface area contributed by atoms with E-state index in [1.165, 1.54) is 0 Å². The first kappa shape index (κ1) is 10.9. The molecule has 1 atom stereocenters. The van der Waals surface area contributed by atoms with E-state index in [0.717, 1.165) is 6.42 Å². The molecule has 0 aromatic rings. The molecule has 0 fully saturated rings. The van der Waals surface area contributed by atoms with E-state index in [1.54, 1.807) is 0 Å². The molecular formula is C8H12O4-2. The van der Waals surface area contributed by atoms with Crippen LogP contribution in [0.1, 0.15) is 32.6 Å². The van der Waals surface area contributed by atoms with Gasteiger partial charge in [-0.05, 0) is 12.8 Å². The van der Waals surface area contributed by atoms with Gasteiger partial charge in [-0.15, -0.1) is 0 Å². The van der Waals surface area contributed by atoms with E-state index in [1.807, 2.05) is 6.92 Å². The van der Waals surface area contributed by atoms with E-state index in [-0.39, 0.29) is 0 Å². The number of rotatable bonds is 6. The van der Waals surface area contributed by atoms with Gasteiger partial charge in [-0.2, -0.15) is 0 Å². The van der Waals surface area contributed by atoms with Crippen molar-refractivity contribution in [1.82, 2.24) is 0 Å². The van der Waals surface area contributed by atoms with Crippen molar-refractivity contribution in [3.63, 3.8) is 0 Å². The zero-order valence-corrected chi connectivity index (χ0v) is 7.04. The standard InChI is InChI=1S/C8H14O4/c1-2-3-4-6(8(11)12)5-7(9)10/h6H,2-5H2,1H3,(H,9,10)(H,11,12)/p-2. The van der Waals surface area contributed by atoms with E-state index in [9.17, 15) is 19.8 Å². The second kappa shape index (κ2) is 5.57. The Morgan fingerprint density at radius 1 is 1.33 bits per heavy atom. The highest BCUT2D eigenvalue weighted by Crippen LogP contribution is 2.11. The molecule has 0 spiro atoms. The van der Waals surface area contributed by atoms with E-state index in [4.69, 9.17) is 0 Å². The minimum Gasteiger partial charge on any atom is -0.550 e. The maximum absolute atomic E-state index is 10.3. The molecule has 0 amide bonds. The van der Waals surface area contributed by atoms with Crippen molar-refractivity contribution in [3.05, 3.63) is 0 Å². The second-order valence-corrected chi connectivity index (χ2v) is 2.73. The Morgan fingerprint density at radius 3 is 2.25 bits per heavy atom. The predicted molar refractivity (Wildman–Crippen MR) is 37.6 cm³/mol. The molecule has 0 aromatic heterocycles. The molecule has 4 heteroatoms. The molecule has 0 aromatic carbocycles. The van der Waals surface area contributed by atoms with Gasteiger partial charge < -0.3 is 19.8 Å². The molecule has 70 valence electrons. The van der Waals surface area contributed by atoms with Gasteiger partial charge in [0.1, 0.15) is 0 Å². The van der Waals surface area contributed by atoms with E-state index < -0.39 is 24.3 Å². The third-order valence-corrected chi connectivity index (χ3v) is 1.65. The lowest BCUT2D eigenvalue weighted by Crippen LogP contribution is -2.36. The molecule has 0 heterocycles. The summed E-state index contributed by atoms with van der Waals surface area (Å²) in [6.07, 6.45) is 1.46. The molecular weight excluding hydrogens is 160 g/mol. The number of carboxylic acids is 2. The Kier molecular flexibility index (Phi) is 5.08. The fourth-order valence-corrected chi connectivity index (χ4v) is 0.955. The fourth-order valence-electron chi connectivity index (χ4n) is 0.955. The molecule has 4 nitrogen and oxygen atoms in total. The van der Waals surface area contributed by atoms with Gasteiger partial charge in [0, 0.05) is 17.9 Å². The highest BCUT2D eigenvalue weighted by Gasteiger charge is 2.08. The van der Waals surface area contributed by atoms with E-state index >= 15 is 0 Å². The van der Waals surface area contributed by atoms with Crippen LogP contribution in [0.2, 0.25) is 0 Å². The van der Waals surface area contributed by atoms with Crippen molar-refractivity contribution in [1.29, 1.82) is 0 Å². The van der Waals surface area contributed by atoms with Gasteiger partial charge in [-0.1, -0.05) is 19.8 Å². The van der Waals surface area contributed by atoms with Gasteiger partial charge in [0.25, 0.3) is 0 Å². The van der Waals surface area contributed by atoms with Crippen LogP contribution in [0, 0.1) is 5.92 Å². The Bertz CT molecular complexity index is 164. The summed E-state index contributed by atoms with van der Waals surface area (Å²) in [4.78, 5) is 20.4. The lowest BCUT2D eigenvalue weighted by atomic mass is 9.99. The van der Waals surface area contributed by atoms with Gasteiger partial charge >= 0.3 is 0 Å². The van der Waals surface area contributed by atoms with Crippen LogP contribution in [0.3, 0.4) is 0 Å². The van der Waals surface area contributed by atoms with Crippen LogP contribution in [-0.4, -0.2) is 11.9 Å². The Labute approximate surface area is 71.2 Å². The first-order valence-corrected chi connectivity index (χ1v) is 3.98. The fraction of sp³-hybridized carbons (Fsp3) is 0.750. The summed E-state index contributed by atoms with van der Waals surface area (Å²) >= 11 is 0. The van der Waals surface area contributed by atoms with Crippen LogP contribution in [0.4, 0.5) is 0 Å². The molecule has 0 saturated heterocycles. The van der Waals surface area contributed by atoms with Gasteiger partial charge in [-0.25, -0.2) is 0 Å². The Morgan fingerprint density at radius 2 is 1.92 bits per heavy atom. The van der Waals surface area contributed by atoms with Crippen LogP contribution in [-0.2, 0) is 9.59 Å². The average Bonchev–Trinajstić information content (AvgIpc) is 1.96. The van der Waals surface area contributed by atoms with Crippen LogP contribution in [0.15, 0.2) is 0 Å². The van der Waals surface area contributed by atoms with E-state index in [0.29, 0.717) is 12.8 Å². The van der Waals surface area contributed by atoms with Gasteiger partial charge in [0.15, 0.2) is 0 Å². The van der Waals surface area contributed by atoms with Gasteiger partial charge in [0.2, 0.25) is 0 Å². The monoisotopic (exact) mass is 172 g/mol. The van der Waals surface area contributed by atoms with Crippen molar-refractivity contribution in [2.75, 3.05) is 0 Å². The van der Waals surface area contributed by atoms with Crippen LogP contribution in [0.25, 0.3) is 0 Å². The first-order chi connectivity index (χ1) is 5.57. The average molecular weight is 172 g/mol. The van der Waals surface area contributed by atoms with Crippen molar-refractivity contribution in [2.24, 2.45) is 5.92 Å². The normalized spacial score (nSPS) is 12.4. The smallest absolute Gasteiger partial charge is 0.0449 e. The molecule has 0 rings (SSSR count). The van der Waals surface area contributed by atoms with E-state index in [2.05, 4.69) is 0 Å². The topological polar surface area (TPSA) is 80.3 Å². The number of carbonyl (C=O) groups excluding carboxylic acids is 2. The van der Waals surface area contributed by atoms with Gasteiger partial charge in [-0.3, -0.25) is 0 Å². The van der Waals surface area contributed by atoms with Crippen molar-refractivity contribution in [3.8, 4) is 0 Å². The zero-order chi connectivity index (χ0) is 9.56. The summed E-state index contributed by atoms with van der Waals surface area (Å²) in [5.74, 6) is -3.53. The Balaban J connectivity index is 3.87. The number of hydrogen-bond donors (Lipinski definition) is 0. The predicted octanol–water partition coefficient (Wildman–Crippen LogP) is -1.32. The van der Waals surface area contributed by atoms with Gasteiger partial charge in [0.05, 0.1) is 0 Å². The largest absolute Gasteiger partial charge is 0.550 e. The number of carbonyl (C=O) groups is 2. The SMILES string of the molecule is CCCCC(CC(=O)[O-])C(=O)[O-]. The van der Waals surface area contributed by atoms with Crippen molar-refractivity contribution in [2.45, 2.75) is 32.6 Å². The lowest BCUT2D eigenvalue weighted by molar-refractivity contribution is -0.321. The summed E-state index contributed by atoms with van der Waals surface area (Å²) in [7, 11) is 0. The molecule has 0 radical (unpaired) electrons. The van der Waals surface area contributed by atoms with Crippen LogP contribution in [0.5, 0.6) is 0 Å². The molecule has 1 unspecified atom stereocenters. The third kappa shape index (κ3) is 4.71. The number of hydrogen-bond acceptors (Lipinski definition) is 4. The highest BCUT2D eigenvalue weighted by molar-refractivity contribution is 5.75.